The normalized spacial score (nSPS) is 13.1. The predicted octanol–water partition coefficient (Wildman–Crippen LogP) is 3.51. The number of phenolic OH excluding ortho intramolecular Hbond substituents is 1. The molecule has 0 aliphatic heterocycles. The van der Waals surface area contributed by atoms with Gasteiger partial charge in [0.25, 0.3) is 0 Å². The van der Waals surface area contributed by atoms with E-state index in [1.54, 1.807) is 12.1 Å². The van der Waals surface area contributed by atoms with Crippen molar-refractivity contribution in [3.63, 3.8) is 0 Å². The Labute approximate surface area is 112 Å². The minimum Gasteiger partial charge on any atom is -0.508 e. The molecule has 0 fully saturated rings. The van der Waals surface area contributed by atoms with Crippen molar-refractivity contribution in [3.05, 3.63) is 30.0 Å². The van der Waals surface area contributed by atoms with Crippen molar-refractivity contribution in [1.29, 1.82) is 0 Å². The molecule has 0 saturated carbocycles. The molecule has 102 valence electrons. The Kier molecular flexibility index (Phi) is 3.51. The maximum absolute atomic E-state index is 10.9. The highest BCUT2D eigenvalue weighted by molar-refractivity contribution is 5.83. The Morgan fingerprint density at radius 3 is 2.53 bits per heavy atom. The van der Waals surface area contributed by atoms with Gasteiger partial charge in [-0.2, -0.15) is 0 Å². The van der Waals surface area contributed by atoms with Gasteiger partial charge in [0.05, 0.1) is 11.9 Å². The highest BCUT2D eigenvalue weighted by Crippen LogP contribution is 2.32. The van der Waals surface area contributed by atoms with Crippen molar-refractivity contribution in [2.75, 3.05) is 0 Å². The molecular formula is C15H19NO3. The number of carboxylic acid groups (broad SMARTS) is 1. The maximum Gasteiger partial charge on any atom is 0.304 e. The van der Waals surface area contributed by atoms with Crippen molar-refractivity contribution in [2.45, 2.75) is 39.2 Å². The molecule has 1 unspecified atom stereocenters. The summed E-state index contributed by atoms with van der Waals surface area (Å²) >= 11 is 0. The third kappa shape index (κ3) is 2.57. The summed E-state index contributed by atoms with van der Waals surface area (Å²) in [6.45, 7) is 6.03. The molecule has 19 heavy (non-hydrogen) atoms. The van der Waals surface area contributed by atoms with Crippen LogP contribution in [0.2, 0.25) is 0 Å². The molecular weight excluding hydrogens is 242 g/mol. The van der Waals surface area contributed by atoms with E-state index in [-0.39, 0.29) is 24.1 Å². The van der Waals surface area contributed by atoms with Gasteiger partial charge in [0.2, 0.25) is 0 Å². The first-order valence-electron chi connectivity index (χ1n) is 6.45. The zero-order chi connectivity index (χ0) is 14.2. The molecule has 0 bridgehead atoms. The van der Waals surface area contributed by atoms with Crippen LogP contribution in [-0.4, -0.2) is 20.7 Å². The van der Waals surface area contributed by atoms with E-state index in [4.69, 9.17) is 5.11 Å². The van der Waals surface area contributed by atoms with Gasteiger partial charge in [0, 0.05) is 29.1 Å². The van der Waals surface area contributed by atoms with Gasteiger partial charge in [-0.1, -0.05) is 6.92 Å². The number of aliphatic carboxylic acids is 1. The molecule has 0 saturated heterocycles. The Hall–Kier alpha value is -1.97. The van der Waals surface area contributed by atoms with Crippen LogP contribution in [0.15, 0.2) is 24.3 Å². The summed E-state index contributed by atoms with van der Waals surface area (Å²) < 4.78 is 2.10. The van der Waals surface area contributed by atoms with E-state index < -0.39 is 5.97 Å². The van der Waals surface area contributed by atoms with E-state index in [0.29, 0.717) is 0 Å². The van der Waals surface area contributed by atoms with Crippen LogP contribution in [0.4, 0.5) is 0 Å². The van der Waals surface area contributed by atoms with Crippen LogP contribution in [0, 0.1) is 0 Å². The molecule has 2 aromatic rings. The third-order valence-corrected chi connectivity index (χ3v) is 3.36. The van der Waals surface area contributed by atoms with Crippen molar-refractivity contribution < 1.29 is 15.0 Å². The van der Waals surface area contributed by atoms with Gasteiger partial charge in [0.1, 0.15) is 5.75 Å². The fourth-order valence-electron chi connectivity index (χ4n) is 2.55. The summed E-state index contributed by atoms with van der Waals surface area (Å²) in [6.07, 6.45) is 0.106. The van der Waals surface area contributed by atoms with Gasteiger partial charge in [0.15, 0.2) is 0 Å². The number of carboxylic acids is 1. The second-order valence-corrected chi connectivity index (χ2v) is 5.27. The number of benzene rings is 1. The highest BCUT2D eigenvalue weighted by Gasteiger charge is 2.18. The van der Waals surface area contributed by atoms with Gasteiger partial charge < -0.3 is 14.8 Å². The molecule has 0 aliphatic carbocycles. The van der Waals surface area contributed by atoms with Crippen LogP contribution in [0.1, 0.15) is 44.8 Å². The topological polar surface area (TPSA) is 62.5 Å². The highest BCUT2D eigenvalue weighted by atomic mass is 16.4. The van der Waals surface area contributed by atoms with Gasteiger partial charge in [-0.25, -0.2) is 0 Å². The molecule has 1 atom stereocenters. The fraction of sp³-hybridized carbons (Fsp3) is 0.400. The standard InChI is InChI=1S/C15H19NO3/c1-9(2)16-13(10(3)6-15(18)19)7-11-4-5-12(17)8-14(11)16/h4-5,7-10,17H,6H2,1-3H3,(H,18,19). The quantitative estimate of drug-likeness (QED) is 0.885. The van der Waals surface area contributed by atoms with Crippen molar-refractivity contribution in [2.24, 2.45) is 0 Å². The number of phenols is 1. The SMILES string of the molecule is CC(CC(=O)O)c1cc2ccc(O)cc2n1C(C)C. The molecule has 4 heteroatoms. The first kappa shape index (κ1) is 13.5. The number of fused-ring (bicyclic) bond motifs is 1. The average Bonchev–Trinajstić information content (AvgIpc) is 2.66. The largest absolute Gasteiger partial charge is 0.508 e. The van der Waals surface area contributed by atoms with Gasteiger partial charge >= 0.3 is 5.97 Å². The van der Waals surface area contributed by atoms with Crippen LogP contribution >= 0.6 is 0 Å². The molecule has 1 aromatic carbocycles. The lowest BCUT2D eigenvalue weighted by Crippen LogP contribution is -2.11. The summed E-state index contributed by atoms with van der Waals surface area (Å²) in [4.78, 5) is 10.9. The van der Waals surface area contributed by atoms with Crippen LogP contribution < -0.4 is 0 Å². The smallest absolute Gasteiger partial charge is 0.304 e. The van der Waals surface area contributed by atoms with E-state index in [2.05, 4.69) is 18.4 Å². The number of hydrogen-bond donors (Lipinski definition) is 2. The molecule has 2 rings (SSSR count). The van der Waals surface area contributed by atoms with Crippen LogP contribution in [0.3, 0.4) is 0 Å². The van der Waals surface area contributed by atoms with Gasteiger partial charge in [-0.15, -0.1) is 0 Å². The summed E-state index contributed by atoms with van der Waals surface area (Å²) in [6, 6.07) is 7.47. The van der Waals surface area contributed by atoms with Gasteiger partial charge in [-0.3, -0.25) is 4.79 Å². The molecule has 2 N–H and O–H groups in total. The average molecular weight is 261 g/mol. The Morgan fingerprint density at radius 2 is 1.95 bits per heavy atom. The van der Waals surface area contributed by atoms with E-state index in [9.17, 15) is 9.90 Å². The van der Waals surface area contributed by atoms with Crippen molar-refractivity contribution in [1.82, 2.24) is 4.57 Å². The molecule has 0 amide bonds. The minimum atomic E-state index is -0.795. The maximum atomic E-state index is 10.9. The number of aromatic nitrogens is 1. The second kappa shape index (κ2) is 4.96. The zero-order valence-electron chi connectivity index (χ0n) is 11.4. The third-order valence-electron chi connectivity index (χ3n) is 3.36. The summed E-state index contributed by atoms with van der Waals surface area (Å²) in [7, 11) is 0. The van der Waals surface area contributed by atoms with E-state index in [1.165, 1.54) is 0 Å². The molecule has 0 aliphatic rings. The summed E-state index contributed by atoms with van der Waals surface area (Å²) in [5, 5.41) is 19.6. The van der Waals surface area contributed by atoms with Crippen molar-refractivity contribution in [3.8, 4) is 5.75 Å². The Morgan fingerprint density at radius 1 is 1.26 bits per heavy atom. The Balaban J connectivity index is 2.59. The molecule has 0 spiro atoms. The lowest BCUT2D eigenvalue weighted by molar-refractivity contribution is -0.137. The first-order chi connectivity index (χ1) is 8.90. The van der Waals surface area contributed by atoms with Crippen LogP contribution in [-0.2, 0) is 4.79 Å². The monoisotopic (exact) mass is 261 g/mol. The minimum absolute atomic E-state index is 0.0607. The second-order valence-electron chi connectivity index (χ2n) is 5.27. The molecule has 1 aromatic heterocycles. The fourth-order valence-corrected chi connectivity index (χ4v) is 2.55. The summed E-state index contributed by atoms with van der Waals surface area (Å²) in [5.41, 5.74) is 1.94. The Bertz CT molecular complexity index is 613. The molecule has 1 heterocycles. The van der Waals surface area contributed by atoms with Crippen molar-refractivity contribution >= 4 is 16.9 Å². The summed E-state index contributed by atoms with van der Waals surface area (Å²) in [5.74, 6) is -0.629. The first-order valence-corrected chi connectivity index (χ1v) is 6.45. The van der Waals surface area contributed by atoms with Crippen LogP contribution in [0.5, 0.6) is 5.75 Å². The lowest BCUT2D eigenvalue weighted by atomic mass is 10.0. The van der Waals surface area contributed by atoms with E-state index in [1.807, 2.05) is 19.1 Å². The van der Waals surface area contributed by atoms with E-state index >= 15 is 0 Å². The predicted molar refractivity (Wildman–Crippen MR) is 74.7 cm³/mol. The number of aromatic hydroxyl groups is 1. The van der Waals surface area contributed by atoms with Gasteiger partial charge in [-0.05, 0) is 32.0 Å². The number of carbonyl (C=O) groups is 1. The number of hydrogen-bond acceptors (Lipinski definition) is 2. The van der Waals surface area contributed by atoms with E-state index in [0.717, 1.165) is 16.6 Å². The number of nitrogens with zero attached hydrogens (tertiary/aromatic N) is 1. The lowest BCUT2D eigenvalue weighted by Gasteiger charge is -2.18. The zero-order valence-corrected chi connectivity index (χ0v) is 11.4. The molecule has 4 nitrogen and oxygen atoms in total. The number of rotatable bonds is 4. The molecule has 0 radical (unpaired) electrons. The van der Waals surface area contributed by atoms with Crippen LogP contribution in [0.25, 0.3) is 10.9 Å².